The molecule has 0 aliphatic heterocycles. The van der Waals surface area contributed by atoms with E-state index in [2.05, 4.69) is 20.7 Å². The van der Waals surface area contributed by atoms with Crippen LogP contribution in [-0.2, 0) is 11.2 Å². The van der Waals surface area contributed by atoms with E-state index in [9.17, 15) is 4.79 Å². The third-order valence-corrected chi connectivity index (χ3v) is 2.83. The summed E-state index contributed by atoms with van der Waals surface area (Å²) in [5.41, 5.74) is 6.55. The number of H-pyrrole nitrogens is 1. The van der Waals surface area contributed by atoms with E-state index >= 15 is 0 Å². The molecule has 1 aromatic carbocycles. The molecule has 110 valence electrons. The highest BCUT2D eigenvalue weighted by Gasteiger charge is 2.14. The molecular weight excluding hydrogens is 274 g/mol. The summed E-state index contributed by atoms with van der Waals surface area (Å²) in [6, 6.07) is 7.23. The fourth-order valence-electron chi connectivity index (χ4n) is 1.84. The van der Waals surface area contributed by atoms with Crippen LogP contribution in [0.5, 0.6) is 5.75 Å². The number of rotatable bonds is 5. The molecule has 2 rings (SSSR count). The van der Waals surface area contributed by atoms with E-state index in [1.165, 1.54) is 6.20 Å². The Balaban J connectivity index is 2.11. The van der Waals surface area contributed by atoms with Gasteiger partial charge in [-0.2, -0.15) is 5.10 Å². The lowest BCUT2D eigenvalue weighted by Gasteiger charge is -2.08. The minimum atomic E-state index is -0.282. The van der Waals surface area contributed by atoms with Crippen LogP contribution < -0.4 is 15.8 Å². The maximum atomic E-state index is 12.1. The van der Waals surface area contributed by atoms with E-state index in [0.717, 1.165) is 5.56 Å². The second-order valence-corrected chi connectivity index (χ2v) is 4.18. The predicted molar refractivity (Wildman–Crippen MR) is 76.4 cm³/mol. The first-order chi connectivity index (χ1) is 10.2. The molecule has 8 heteroatoms. The summed E-state index contributed by atoms with van der Waals surface area (Å²) in [4.78, 5) is 12.1. The molecular formula is C13H15N5O3. The molecule has 2 aromatic rings. The maximum Gasteiger partial charge on any atom is 0.230 e. The van der Waals surface area contributed by atoms with Gasteiger partial charge in [0.05, 0.1) is 25.3 Å². The van der Waals surface area contributed by atoms with E-state index < -0.39 is 0 Å². The van der Waals surface area contributed by atoms with Crippen molar-refractivity contribution >= 4 is 17.6 Å². The third-order valence-electron chi connectivity index (χ3n) is 2.83. The van der Waals surface area contributed by atoms with Gasteiger partial charge in [-0.1, -0.05) is 23.4 Å². The second kappa shape index (κ2) is 6.42. The van der Waals surface area contributed by atoms with E-state index in [-0.39, 0.29) is 24.0 Å². The molecule has 0 aliphatic carbocycles. The number of oxime groups is 1. The van der Waals surface area contributed by atoms with E-state index in [4.69, 9.17) is 15.7 Å². The van der Waals surface area contributed by atoms with Crippen molar-refractivity contribution in [2.75, 3.05) is 12.4 Å². The van der Waals surface area contributed by atoms with Gasteiger partial charge in [0, 0.05) is 5.56 Å². The van der Waals surface area contributed by atoms with Crippen molar-refractivity contribution in [1.82, 2.24) is 10.2 Å². The molecule has 1 amide bonds. The lowest BCUT2D eigenvalue weighted by molar-refractivity contribution is -0.115. The number of nitrogens with one attached hydrogen (secondary N) is 2. The van der Waals surface area contributed by atoms with Gasteiger partial charge in [-0.15, -0.1) is 0 Å². The zero-order valence-electron chi connectivity index (χ0n) is 11.3. The van der Waals surface area contributed by atoms with Crippen molar-refractivity contribution in [1.29, 1.82) is 0 Å². The summed E-state index contributed by atoms with van der Waals surface area (Å²) in [7, 11) is 1.54. The highest BCUT2D eigenvalue weighted by atomic mass is 16.5. The number of amidine groups is 1. The molecule has 0 atom stereocenters. The quantitative estimate of drug-likeness (QED) is 0.279. The predicted octanol–water partition coefficient (Wildman–Crippen LogP) is 0.694. The first kappa shape index (κ1) is 14.4. The van der Waals surface area contributed by atoms with E-state index in [0.29, 0.717) is 11.3 Å². The summed E-state index contributed by atoms with van der Waals surface area (Å²) in [5.74, 6) is 0.478. The first-order valence-electron chi connectivity index (χ1n) is 6.08. The average molecular weight is 289 g/mol. The van der Waals surface area contributed by atoms with Gasteiger partial charge in [0.1, 0.15) is 11.6 Å². The monoisotopic (exact) mass is 289 g/mol. The molecule has 0 saturated heterocycles. The summed E-state index contributed by atoms with van der Waals surface area (Å²) in [5, 5.41) is 20.5. The van der Waals surface area contributed by atoms with Crippen LogP contribution in [0.1, 0.15) is 11.1 Å². The van der Waals surface area contributed by atoms with Crippen LogP contribution in [0.25, 0.3) is 0 Å². The molecule has 0 saturated carbocycles. The van der Waals surface area contributed by atoms with Crippen LogP contribution >= 0.6 is 0 Å². The van der Waals surface area contributed by atoms with Crippen molar-refractivity contribution in [3.05, 3.63) is 41.6 Å². The van der Waals surface area contributed by atoms with Crippen molar-refractivity contribution in [3.8, 4) is 5.75 Å². The molecule has 0 radical (unpaired) electrons. The Morgan fingerprint density at radius 1 is 1.52 bits per heavy atom. The Hall–Kier alpha value is -3.03. The molecule has 21 heavy (non-hydrogen) atoms. The molecule has 1 heterocycles. The zero-order chi connectivity index (χ0) is 15.2. The Morgan fingerprint density at radius 3 is 3.00 bits per heavy atom. The van der Waals surface area contributed by atoms with Gasteiger partial charge in [0.15, 0.2) is 5.84 Å². The number of amides is 1. The van der Waals surface area contributed by atoms with Gasteiger partial charge in [-0.3, -0.25) is 9.89 Å². The normalized spacial score (nSPS) is 11.2. The van der Waals surface area contributed by atoms with Gasteiger partial charge in [0.2, 0.25) is 5.91 Å². The zero-order valence-corrected chi connectivity index (χ0v) is 11.3. The number of carbonyl (C=O) groups is 1. The number of carbonyl (C=O) groups excluding carboxylic acids is 1. The number of benzene rings is 1. The summed E-state index contributed by atoms with van der Waals surface area (Å²) >= 11 is 0. The number of methoxy groups -OCH3 is 1. The number of hydrogen-bond donors (Lipinski definition) is 4. The number of nitrogens with two attached hydrogens (primary N) is 1. The molecule has 0 unspecified atom stereocenters. The SMILES string of the molecule is COc1ccccc1CC(=O)Nc1[nH]ncc1C(N)=NO. The molecule has 0 aliphatic rings. The summed E-state index contributed by atoms with van der Waals surface area (Å²) in [6.07, 6.45) is 1.48. The van der Waals surface area contributed by atoms with Crippen molar-refractivity contribution in [3.63, 3.8) is 0 Å². The Bertz CT molecular complexity index is 665. The van der Waals surface area contributed by atoms with Gasteiger partial charge < -0.3 is 21.0 Å². The van der Waals surface area contributed by atoms with Crippen LogP contribution in [-0.4, -0.2) is 34.3 Å². The number of aromatic nitrogens is 2. The largest absolute Gasteiger partial charge is 0.496 e. The lowest BCUT2D eigenvalue weighted by atomic mass is 10.1. The van der Waals surface area contributed by atoms with Crippen LogP contribution in [0.4, 0.5) is 5.82 Å². The molecule has 1 aromatic heterocycles. The molecule has 0 spiro atoms. The van der Waals surface area contributed by atoms with Crippen LogP contribution in [0.3, 0.4) is 0 Å². The van der Waals surface area contributed by atoms with Gasteiger partial charge in [-0.05, 0) is 6.07 Å². The van der Waals surface area contributed by atoms with Crippen molar-refractivity contribution in [2.24, 2.45) is 10.9 Å². The fraction of sp³-hybridized carbons (Fsp3) is 0.154. The van der Waals surface area contributed by atoms with Gasteiger partial charge in [0.25, 0.3) is 0 Å². The fourth-order valence-corrected chi connectivity index (χ4v) is 1.84. The summed E-state index contributed by atoms with van der Waals surface area (Å²) in [6.45, 7) is 0. The highest BCUT2D eigenvalue weighted by molar-refractivity contribution is 6.04. The van der Waals surface area contributed by atoms with Crippen molar-refractivity contribution < 1.29 is 14.7 Å². The number of para-hydroxylation sites is 1. The smallest absolute Gasteiger partial charge is 0.230 e. The lowest BCUT2D eigenvalue weighted by Crippen LogP contribution is -2.19. The van der Waals surface area contributed by atoms with E-state index in [1.54, 1.807) is 19.2 Å². The number of anilines is 1. The average Bonchev–Trinajstić information content (AvgIpc) is 2.95. The number of aromatic amines is 1. The summed E-state index contributed by atoms with van der Waals surface area (Å²) < 4.78 is 5.19. The molecule has 0 bridgehead atoms. The number of ether oxygens (including phenoxy) is 1. The Labute approximate surface area is 120 Å². The van der Waals surface area contributed by atoms with Crippen molar-refractivity contribution in [2.45, 2.75) is 6.42 Å². The van der Waals surface area contributed by atoms with Gasteiger partial charge in [-0.25, -0.2) is 0 Å². The number of nitrogens with zero attached hydrogens (tertiary/aromatic N) is 2. The van der Waals surface area contributed by atoms with Crippen LogP contribution in [0.2, 0.25) is 0 Å². The van der Waals surface area contributed by atoms with E-state index in [1.807, 2.05) is 12.1 Å². The Kier molecular flexibility index (Phi) is 4.39. The second-order valence-electron chi connectivity index (χ2n) is 4.18. The highest BCUT2D eigenvalue weighted by Crippen LogP contribution is 2.18. The maximum absolute atomic E-state index is 12.1. The minimum Gasteiger partial charge on any atom is -0.496 e. The first-order valence-corrected chi connectivity index (χ1v) is 6.08. The standard InChI is InChI=1S/C13H15N5O3/c1-21-10-5-3-2-4-8(10)6-11(19)16-13-9(7-15-17-13)12(14)18-20/h2-5,7,20H,6H2,1H3,(H2,14,18)(H2,15,16,17,19). The Morgan fingerprint density at radius 2 is 2.29 bits per heavy atom. The van der Waals surface area contributed by atoms with Crippen LogP contribution in [0, 0.1) is 0 Å². The third kappa shape index (κ3) is 3.30. The number of hydrogen-bond acceptors (Lipinski definition) is 5. The van der Waals surface area contributed by atoms with Crippen LogP contribution in [0.15, 0.2) is 35.6 Å². The van der Waals surface area contributed by atoms with Gasteiger partial charge >= 0.3 is 0 Å². The molecule has 8 nitrogen and oxygen atoms in total. The topological polar surface area (TPSA) is 126 Å². The minimum absolute atomic E-state index is 0.124. The molecule has 0 fully saturated rings. The molecule has 5 N–H and O–H groups in total.